The van der Waals surface area contributed by atoms with Crippen LogP contribution in [0.15, 0.2) is 48.5 Å². The Morgan fingerprint density at radius 2 is 0.800 bits per heavy atom. The Bertz CT molecular complexity index is 437. The summed E-state index contributed by atoms with van der Waals surface area (Å²) in [6.45, 7) is 14.6. The van der Waals surface area contributed by atoms with Gasteiger partial charge in [0.15, 0.2) is 0 Å². The normalized spacial score (nSPS) is 10.5. The molecular weight excluding hydrogens is 499 g/mol. The molecule has 0 saturated carbocycles. The first-order chi connectivity index (χ1) is 10.2. The summed E-state index contributed by atoms with van der Waals surface area (Å²) in [7, 11) is -1.63. The van der Waals surface area contributed by atoms with Gasteiger partial charge in [-0.2, -0.15) is 35.4 Å². The quantitative estimate of drug-likeness (QED) is 0.264. The third-order valence-corrected chi connectivity index (χ3v) is 7.29. The van der Waals surface area contributed by atoms with Gasteiger partial charge in [-0.05, 0) is 0 Å². The maximum Gasteiger partial charge on any atom is 4.00 e. The Balaban J connectivity index is -0.000000346. The smallest absolute Gasteiger partial charge is 0.358 e. The molecular formula is C22H40HfSi2. The second kappa shape index (κ2) is 14.1. The third kappa shape index (κ3) is 17.2. The van der Waals surface area contributed by atoms with E-state index in [4.69, 9.17) is 0 Å². The van der Waals surface area contributed by atoms with Gasteiger partial charge in [0.05, 0.1) is 0 Å². The zero-order valence-electron chi connectivity index (χ0n) is 17.9. The predicted molar refractivity (Wildman–Crippen MR) is 121 cm³/mol. The van der Waals surface area contributed by atoms with Crippen molar-refractivity contribution in [3.63, 3.8) is 0 Å². The molecule has 0 spiro atoms. The van der Waals surface area contributed by atoms with Crippen LogP contribution in [0, 0.1) is 14.9 Å². The fourth-order valence-corrected chi connectivity index (χ4v) is 4.28. The van der Waals surface area contributed by atoms with Crippen LogP contribution < -0.4 is 0 Å². The average molecular weight is 539 g/mol. The van der Waals surface area contributed by atoms with Crippen molar-refractivity contribution in [1.82, 2.24) is 0 Å². The molecule has 25 heavy (non-hydrogen) atoms. The molecule has 0 unspecified atom stereocenters. The number of hydrogen-bond donors (Lipinski definition) is 0. The van der Waals surface area contributed by atoms with E-state index < -0.39 is 16.1 Å². The van der Waals surface area contributed by atoms with Crippen LogP contribution >= 0.6 is 0 Å². The van der Waals surface area contributed by atoms with Gasteiger partial charge in [0.2, 0.25) is 0 Å². The minimum atomic E-state index is -0.813. The topological polar surface area (TPSA) is 0 Å². The molecule has 0 atom stereocenters. The minimum absolute atomic E-state index is 0. The molecule has 0 aromatic heterocycles. The molecule has 0 amide bonds. The van der Waals surface area contributed by atoms with E-state index in [0.717, 1.165) is 0 Å². The van der Waals surface area contributed by atoms with Gasteiger partial charge in [-0.25, -0.2) is 24.3 Å². The van der Waals surface area contributed by atoms with Crippen molar-refractivity contribution >= 4 is 16.1 Å². The summed E-state index contributed by atoms with van der Waals surface area (Å²) >= 11 is 0. The van der Waals surface area contributed by atoms with E-state index in [9.17, 15) is 0 Å². The minimum Gasteiger partial charge on any atom is -0.358 e. The fourth-order valence-electron chi connectivity index (χ4n) is 2.20. The third-order valence-electron chi connectivity index (χ3n) is 3.79. The van der Waals surface area contributed by atoms with Crippen LogP contribution in [-0.4, -0.2) is 16.1 Å². The maximum absolute atomic E-state index is 2.43. The molecule has 0 N–H and O–H groups in total. The summed E-state index contributed by atoms with van der Waals surface area (Å²) in [6.07, 6.45) is 2.56. The Labute approximate surface area is 180 Å². The molecule has 2 aromatic carbocycles. The second-order valence-corrected chi connectivity index (χ2v) is 20.0. The first-order valence-corrected chi connectivity index (χ1v) is 16.0. The van der Waals surface area contributed by atoms with Gasteiger partial charge < -0.3 is 14.9 Å². The first-order valence-electron chi connectivity index (χ1n) is 8.57. The van der Waals surface area contributed by atoms with E-state index in [-0.39, 0.29) is 40.7 Å². The average Bonchev–Trinajstić information content (AvgIpc) is 3.07. The molecule has 0 saturated heterocycles. The van der Waals surface area contributed by atoms with E-state index in [1.54, 1.807) is 0 Å². The molecule has 0 radical (unpaired) electrons. The van der Waals surface area contributed by atoms with E-state index in [1.807, 2.05) is 0 Å². The molecule has 3 heteroatoms. The van der Waals surface area contributed by atoms with Crippen molar-refractivity contribution in [2.24, 2.45) is 0 Å². The van der Waals surface area contributed by atoms with Crippen LogP contribution in [0.25, 0.3) is 0 Å². The van der Waals surface area contributed by atoms with Crippen molar-refractivity contribution in [2.45, 2.75) is 64.2 Å². The van der Waals surface area contributed by atoms with E-state index in [0.29, 0.717) is 0 Å². The van der Waals surface area contributed by atoms with Crippen LogP contribution in [0.5, 0.6) is 0 Å². The SMILES string of the molecule is C[Si](C)(C)CC[c-]1cccc1.C[Si](C)(C)CC[c-]1cccc1.[CH3-].[CH3-].[Hf+4]. The van der Waals surface area contributed by atoms with Crippen molar-refractivity contribution in [2.75, 3.05) is 0 Å². The maximum atomic E-state index is 2.43. The Morgan fingerprint density at radius 3 is 1.00 bits per heavy atom. The molecule has 0 bridgehead atoms. The molecule has 0 aliphatic carbocycles. The summed E-state index contributed by atoms with van der Waals surface area (Å²) in [6, 6.07) is 20.2. The van der Waals surface area contributed by atoms with Crippen LogP contribution in [-0.2, 0) is 38.7 Å². The molecule has 0 fully saturated rings. The predicted octanol–water partition coefficient (Wildman–Crippen LogP) is 7.47. The van der Waals surface area contributed by atoms with Gasteiger partial charge in [0, 0.05) is 16.1 Å². The Morgan fingerprint density at radius 1 is 0.560 bits per heavy atom. The molecule has 0 nitrogen and oxygen atoms in total. The zero-order chi connectivity index (χ0) is 16.6. The van der Waals surface area contributed by atoms with Crippen molar-refractivity contribution in [1.29, 1.82) is 0 Å². The van der Waals surface area contributed by atoms with Gasteiger partial charge in [0.25, 0.3) is 0 Å². The van der Waals surface area contributed by atoms with Gasteiger partial charge in [-0.3, -0.25) is 0 Å². The Kier molecular flexibility index (Phi) is 16.8. The molecule has 2 rings (SSSR count). The van der Waals surface area contributed by atoms with E-state index in [1.165, 1.54) is 36.1 Å². The molecule has 2 aromatic rings. The van der Waals surface area contributed by atoms with Gasteiger partial charge in [-0.1, -0.05) is 64.2 Å². The zero-order valence-corrected chi connectivity index (χ0v) is 23.5. The molecule has 0 heterocycles. The summed E-state index contributed by atoms with van der Waals surface area (Å²) in [5.41, 5.74) is 3.01. The van der Waals surface area contributed by atoms with Gasteiger partial charge in [-0.15, -0.1) is 0 Å². The molecule has 0 aliphatic rings. The van der Waals surface area contributed by atoms with Crippen LogP contribution in [0.3, 0.4) is 0 Å². The van der Waals surface area contributed by atoms with Crippen LogP contribution in [0.4, 0.5) is 0 Å². The summed E-state index contributed by atoms with van der Waals surface area (Å²) in [4.78, 5) is 0. The van der Waals surface area contributed by atoms with Crippen LogP contribution in [0.2, 0.25) is 51.4 Å². The van der Waals surface area contributed by atoms with Crippen molar-refractivity contribution in [3.05, 3.63) is 74.5 Å². The monoisotopic (exact) mass is 540 g/mol. The summed E-state index contributed by atoms with van der Waals surface area (Å²) in [5, 5.41) is 0. The Hall–Kier alpha value is 0.00390. The van der Waals surface area contributed by atoms with E-state index in [2.05, 4.69) is 87.8 Å². The van der Waals surface area contributed by atoms with E-state index >= 15 is 0 Å². The first kappa shape index (κ1) is 29.8. The fraction of sp³-hybridized carbons (Fsp3) is 0.455. The number of hydrogen-bond acceptors (Lipinski definition) is 0. The number of aryl methyl sites for hydroxylation is 2. The van der Waals surface area contributed by atoms with Crippen LogP contribution in [0.1, 0.15) is 11.1 Å². The summed E-state index contributed by atoms with van der Waals surface area (Å²) in [5.74, 6) is 0. The largest absolute Gasteiger partial charge is 4.00 e. The second-order valence-electron chi connectivity index (χ2n) is 8.71. The molecule has 140 valence electrons. The van der Waals surface area contributed by atoms with Crippen molar-refractivity contribution in [3.8, 4) is 0 Å². The van der Waals surface area contributed by atoms with Crippen molar-refractivity contribution < 1.29 is 25.8 Å². The summed E-state index contributed by atoms with van der Waals surface area (Å²) < 4.78 is 0. The van der Waals surface area contributed by atoms with Gasteiger partial charge >= 0.3 is 25.8 Å². The standard InChI is InChI=1S/2C10H17Si.2CH3.Hf/c2*1-11(2,3)9-8-10-6-4-5-7-10;;;/h2*4-7H,8-9H2,1-3H3;2*1H3;/q4*-1;+4. The molecule has 0 aliphatic heterocycles. The number of rotatable bonds is 6. The van der Waals surface area contributed by atoms with Gasteiger partial charge in [0.1, 0.15) is 0 Å².